The van der Waals surface area contributed by atoms with Crippen LogP contribution in [0.25, 0.3) is 0 Å². The molecule has 0 saturated carbocycles. The van der Waals surface area contributed by atoms with Gasteiger partial charge in [-0.05, 0) is 30.2 Å². The molecule has 1 rings (SSSR count). The van der Waals surface area contributed by atoms with Crippen molar-refractivity contribution in [3.63, 3.8) is 0 Å². The van der Waals surface area contributed by atoms with Gasteiger partial charge in [-0.25, -0.2) is 4.39 Å². The van der Waals surface area contributed by atoms with Gasteiger partial charge >= 0.3 is 0 Å². The van der Waals surface area contributed by atoms with Crippen LogP contribution >= 0.6 is 15.9 Å². The molecule has 4 heteroatoms. The predicted octanol–water partition coefficient (Wildman–Crippen LogP) is 2.26. The van der Waals surface area contributed by atoms with E-state index in [0.29, 0.717) is 16.5 Å². The molecule has 0 amide bonds. The summed E-state index contributed by atoms with van der Waals surface area (Å²) in [5.74, 6) is -0.812. The highest BCUT2D eigenvalue weighted by Crippen LogP contribution is 2.17. The summed E-state index contributed by atoms with van der Waals surface area (Å²) in [5, 5.41) is 17.4. The number of benzene rings is 1. The summed E-state index contributed by atoms with van der Waals surface area (Å²) in [4.78, 5) is 0. The summed E-state index contributed by atoms with van der Waals surface area (Å²) in [7, 11) is 0. The molecule has 0 bridgehead atoms. The molecule has 0 aliphatic heterocycles. The average Bonchev–Trinajstić information content (AvgIpc) is 2.12. The largest absolute Gasteiger partial charge is 0.395 e. The van der Waals surface area contributed by atoms with Gasteiger partial charge in [0.15, 0.2) is 0 Å². The smallest absolute Gasteiger partial charge is 0.124 e. The molecule has 0 aromatic heterocycles. The molecular formula is C10H9BrFNO. The number of hydrogen-bond acceptors (Lipinski definition) is 2. The van der Waals surface area contributed by atoms with E-state index in [2.05, 4.69) is 15.9 Å². The van der Waals surface area contributed by atoms with Crippen molar-refractivity contribution >= 4 is 15.9 Å². The third-order valence-electron chi connectivity index (χ3n) is 1.81. The summed E-state index contributed by atoms with van der Waals surface area (Å²) in [6, 6.07) is 6.41. The van der Waals surface area contributed by atoms with E-state index in [0.717, 1.165) is 0 Å². The van der Waals surface area contributed by atoms with E-state index in [1.807, 2.05) is 6.07 Å². The van der Waals surface area contributed by atoms with Gasteiger partial charge in [0.2, 0.25) is 0 Å². The first kappa shape index (κ1) is 11.2. The van der Waals surface area contributed by atoms with E-state index >= 15 is 0 Å². The molecular weight excluding hydrogens is 249 g/mol. The van der Waals surface area contributed by atoms with Crippen molar-refractivity contribution in [1.82, 2.24) is 0 Å². The number of rotatable bonds is 3. The van der Waals surface area contributed by atoms with Crippen LogP contribution in [0.15, 0.2) is 22.7 Å². The Labute approximate surface area is 90.1 Å². The normalized spacial score (nSPS) is 12.1. The van der Waals surface area contributed by atoms with Crippen molar-refractivity contribution in [2.45, 2.75) is 6.42 Å². The van der Waals surface area contributed by atoms with Crippen LogP contribution in [0.5, 0.6) is 0 Å². The van der Waals surface area contributed by atoms with Gasteiger partial charge < -0.3 is 5.11 Å². The molecule has 2 nitrogen and oxygen atoms in total. The van der Waals surface area contributed by atoms with Gasteiger partial charge in [-0.3, -0.25) is 0 Å². The van der Waals surface area contributed by atoms with Crippen LogP contribution in [0.3, 0.4) is 0 Å². The summed E-state index contributed by atoms with van der Waals surface area (Å²) < 4.78 is 13.6. The Morgan fingerprint density at radius 2 is 2.21 bits per heavy atom. The molecule has 14 heavy (non-hydrogen) atoms. The highest BCUT2D eigenvalue weighted by Gasteiger charge is 2.08. The van der Waals surface area contributed by atoms with Gasteiger partial charge in [0, 0.05) is 4.47 Å². The van der Waals surface area contributed by atoms with Gasteiger partial charge in [0.05, 0.1) is 18.6 Å². The Morgan fingerprint density at radius 1 is 1.50 bits per heavy atom. The van der Waals surface area contributed by atoms with E-state index in [1.54, 1.807) is 6.07 Å². The fourth-order valence-corrected chi connectivity index (χ4v) is 1.68. The van der Waals surface area contributed by atoms with Crippen LogP contribution in [0, 0.1) is 23.1 Å². The zero-order chi connectivity index (χ0) is 10.6. The minimum atomic E-state index is -0.469. The summed E-state index contributed by atoms with van der Waals surface area (Å²) >= 11 is 3.16. The van der Waals surface area contributed by atoms with Crippen LogP contribution in [-0.4, -0.2) is 11.7 Å². The first-order valence-electron chi connectivity index (χ1n) is 4.11. The van der Waals surface area contributed by atoms with Gasteiger partial charge in [-0.1, -0.05) is 15.9 Å². The number of hydrogen-bond donors (Lipinski definition) is 1. The van der Waals surface area contributed by atoms with Crippen molar-refractivity contribution in [2.75, 3.05) is 6.61 Å². The predicted molar refractivity (Wildman–Crippen MR) is 54.0 cm³/mol. The zero-order valence-corrected chi connectivity index (χ0v) is 8.96. The van der Waals surface area contributed by atoms with Crippen LogP contribution < -0.4 is 0 Å². The maximum Gasteiger partial charge on any atom is 0.124 e. The lowest BCUT2D eigenvalue weighted by Gasteiger charge is -2.05. The molecule has 1 aromatic carbocycles. The minimum absolute atomic E-state index is 0.204. The standard InChI is InChI=1S/C10H9BrFNO/c11-9-2-7(3-10(12)4-9)1-8(5-13)6-14/h2-4,8,14H,1,6H2. The van der Waals surface area contributed by atoms with Gasteiger partial charge in [-0.2, -0.15) is 5.26 Å². The topological polar surface area (TPSA) is 44.0 Å². The zero-order valence-electron chi connectivity index (χ0n) is 7.37. The molecule has 0 saturated heterocycles. The van der Waals surface area contributed by atoms with Crippen molar-refractivity contribution in [1.29, 1.82) is 5.26 Å². The summed E-state index contributed by atoms with van der Waals surface area (Å²) in [5.41, 5.74) is 0.706. The Morgan fingerprint density at radius 3 is 2.71 bits per heavy atom. The molecule has 1 unspecified atom stereocenters. The van der Waals surface area contributed by atoms with Crippen LogP contribution in [0.1, 0.15) is 5.56 Å². The lowest BCUT2D eigenvalue weighted by atomic mass is 10.0. The highest BCUT2D eigenvalue weighted by atomic mass is 79.9. The number of nitrogens with zero attached hydrogens (tertiary/aromatic N) is 1. The Bertz CT molecular complexity index is 341. The fourth-order valence-electron chi connectivity index (χ4n) is 1.16. The van der Waals surface area contributed by atoms with Crippen molar-refractivity contribution in [2.24, 2.45) is 5.92 Å². The highest BCUT2D eigenvalue weighted by molar-refractivity contribution is 9.10. The number of aliphatic hydroxyl groups is 1. The third-order valence-corrected chi connectivity index (χ3v) is 2.27. The molecule has 0 radical (unpaired) electrons. The molecule has 0 aliphatic rings. The number of aliphatic hydroxyl groups excluding tert-OH is 1. The van der Waals surface area contributed by atoms with Gasteiger partial charge in [0.1, 0.15) is 5.82 Å². The SMILES string of the molecule is N#CC(CO)Cc1cc(F)cc(Br)c1. The first-order chi connectivity index (χ1) is 6.65. The minimum Gasteiger partial charge on any atom is -0.395 e. The molecule has 0 spiro atoms. The molecule has 0 fully saturated rings. The van der Waals surface area contributed by atoms with E-state index in [9.17, 15) is 4.39 Å². The fraction of sp³-hybridized carbons (Fsp3) is 0.300. The van der Waals surface area contributed by atoms with Gasteiger partial charge in [-0.15, -0.1) is 0 Å². The third kappa shape index (κ3) is 3.09. The molecule has 1 aromatic rings. The van der Waals surface area contributed by atoms with E-state index < -0.39 is 5.92 Å². The van der Waals surface area contributed by atoms with Crippen LogP contribution in [0.4, 0.5) is 4.39 Å². The van der Waals surface area contributed by atoms with Crippen LogP contribution in [-0.2, 0) is 6.42 Å². The number of nitriles is 1. The quantitative estimate of drug-likeness (QED) is 0.903. The maximum atomic E-state index is 12.9. The van der Waals surface area contributed by atoms with E-state index in [4.69, 9.17) is 10.4 Å². The first-order valence-corrected chi connectivity index (χ1v) is 4.90. The lowest BCUT2D eigenvalue weighted by Crippen LogP contribution is -2.06. The van der Waals surface area contributed by atoms with Crippen molar-refractivity contribution in [3.8, 4) is 6.07 Å². The second kappa shape index (κ2) is 5.08. The Hall–Kier alpha value is -0.920. The van der Waals surface area contributed by atoms with Gasteiger partial charge in [0.25, 0.3) is 0 Å². The Balaban J connectivity index is 2.82. The summed E-state index contributed by atoms with van der Waals surface area (Å²) in [6.45, 7) is -0.204. The van der Waals surface area contributed by atoms with E-state index in [1.165, 1.54) is 12.1 Å². The average molecular weight is 258 g/mol. The monoisotopic (exact) mass is 257 g/mol. The van der Waals surface area contributed by atoms with Crippen LogP contribution in [0.2, 0.25) is 0 Å². The molecule has 74 valence electrons. The Kier molecular flexibility index (Phi) is 4.05. The maximum absolute atomic E-state index is 12.9. The second-order valence-corrected chi connectivity index (χ2v) is 3.91. The second-order valence-electron chi connectivity index (χ2n) is 2.99. The van der Waals surface area contributed by atoms with Crippen molar-refractivity contribution in [3.05, 3.63) is 34.1 Å². The number of halogens is 2. The van der Waals surface area contributed by atoms with E-state index in [-0.39, 0.29) is 12.4 Å². The lowest BCUT2D eigenvalue weighted by molar-refractivity contribution is 0.255. The molecule has 0 aliphatic carbocycles. The van der Waals surface area contributed by atoms with Crippen molar-refractivity contribution < 1.29 is 9.50 Å². The molecule has 1 atom stereocenters. The summed E-state index contributed by atoms with van der Waals surface area (Å²) in [6.07, 6.45) is 0.364. The molecule has 1 N–H and O–H groups in total. The molecule has 0 heterocycles.